The topological polar surface area (TPSA) is 76.3 Å². The van der Waals surface area contributed by atoms with Crippen LogP contribution in [0.2, 0.25) is 0 Å². The predicted molar refractivity (Wildman–Crippen MR) is 86.9 cm³/mol. The summed E-state index contributed by atoms with van der Waals surface area (Å²) in [5, 5.41) is 13.4. The highest BCUT2D eigenvalue weighted by atomic mass is 16.5. The standard InChI is InChI=1S/C16H23N5O2/c1-12-8-13(2)21(19-12)16-10-17-9-15(18-16)20-5-3-4-14(11-20)23-7-6-22/h8-10,14,22H,3-7,11H2,1-2H3. The molecule has 3 heterocycles. The van der Waals surface area contributed by atoms with Gasteiger partial charge in [-0.1, -0.05) is 0 Å². The Kier molecular flexibility index (Phi) is 4.88. The largest absolute Gasteiger partial charge is 0.394 e. The first-order valence-corrected chi connectivity index (χ1v) is 8.00. The van der Waals surface area contributed by atoms with E-state index in [1.165, 1.54) is 0 Å². The molecule has 1 unspecified atom stereocenters. The number of piperidine rings is 1. The van der Waals surface area contributed by atoms with Crippen molar-refractivity contribution in [3.05, 3.63) is 29.8 Å². The first-order chi connectivity index (χ1) is 11.2. The summed E-state index contributed by atoms with van der Waals surface area (Å²) in [6.07, 6.45) is 5.70. The maximum atomic E-state index is 8.90. The van der Waals surface area contributed by atoms with E-state index in [1.807, 2.05) is 24.6 Å². The van der Waals surface area contributed by atoms with Crippen molar-refractivity contribution in [3.8, 4) is 5.82 Å². The molecule has 7 heteroatoms. The number of aryl methyl sites for hydroxylation is 2. The molecule has 1 aliphatic heterocycles. The highest BCUT2D eigenvalue weighted by Gasteiger charge is 2.22. The summed E-state index contributed by atoms with van der Waals surface area (Å²) < 4.78 is 7.48. The first-order valence-electron chi connectivity index (χ1n) is 8.00. The molecule has 1 saturated heterocycles. The van der Waals surface area contributed by atoms with Crippen LogP contribution >= 0.6 is 0 Å². The second-order valence-electron chi connectivity index (χ2n) is 5.88. The smallest absolute Gasteiger partial charge is 0.174 e. The van der Waals surface area contributed by atoms with Crippen molar-refractivity contribution in [3.63, 3.8) is 0 Å². The van der Waals surface area contributed by atoms with Crippen molar-refractivity contribution in [2.75, 3.05) is 31.2 Å². The second kappa shape index (κ2) is 7.06. The van der Waals surface area contributed by atoms with Gasteiger partial charge in [-0.15, -0.1) is 0 Å². The lowest BCUT2D eigenvalue weighted by atomic mass is 10.1. The fourth-order valence-electron chi connectivity index (χ4n) is 2.96. The number of anilines is 1. The number of ether oxygens (including phenoxy) is 1. The lowest BCUT2D eigenvalue weighted by molar-refractivity contribution is 0.0213. The van der Waals surface area contributed by atoms with Crippen LogP contribution in [0.15, 0.2) is 18.5 Å². The molecule has 0 amide bonds. The van der Waals surface area contributed by atoms with E-state index in [1.54, 1.807) is 12.4 Å². The Hall–Kier alpha value is -1.99. The van der Waals surface area contributed by atoms with Crippen LogP contribution in [0, 0.1) is 13.8 Å². The van der Waals surface area contributed by atoms with Crippen LogP contribution < -0.4 is 4.90 Å². The molecule has 1 aliphatic rings. The molecule has 1 N–H and O–H groups in total. The molecular weight excluding hydrogens is 294 g/mol. The van der Waals surface area contributed by atoms with Gasteiger partial charge in [-0.2, -0.15) is 5.10 Å². The van der Waals surface area contributed by atoms with E-state index in [0.29, 0.717) is 6.61 Å². The third-order valence-corrected chi connectivity index (χ3v) is 3.98. The van der Waals surface area contributed by atoms with E-state index in [2.05, 4.69) is 15.0 Å². The molecule has 7 nitrogen and oxygen atoms in total. The molecule has 124 valence electrons. The Morgan fingerprint density at radius 3 is 2.87 bits per heavy atom. The molecule has 0 bridgehead atoms. The van der Waals surface area contributed by atoms with Crippen molar-refractivity contribution < 1.29 is 9.84 Å². The van der Waals surface area contributed by atoms with Crippen molar-refractivity contribution in [2.45, 2.75) is 32.8 Å². The fraction of sp³-hybridized carbons (Fsp3) is 0.562. The average Bonchev–Trinajstić information content (AvgIpc) is 2.92. The average molecular weight is 317 g/mol. The number of nitrogens with zero attached hydrogens (tertiary/aromatic N) is 5. The lowest BCUT2D eigenvalue weighted by Gasteiger charge is -2.33. The fourth-order valence-corrected chi connectivity index (χ4v) is 2.96. The number of aliphatic hydroxyl groups excluding tert-OH is 1. The Balaban J connectivity index is 1.78. The highest BCUT2D eigenvalue weighted by molar-refractivity contribution is 5.40. The zero-order valence-electron chi connectivity index (χ0n) is 13.6. The number of aromatic nitrogens is 4. The van der Waals surface area contributed by atoms with Crippen LogP contribution in [0.5, 0.6) is 0 Å². The van der Waals surface area contributed by atoms with Gasteiger partial charge in [0.1, 0.15) is 5.82 Å². The van der Waals surface area contributed by atoms with Crippen LogP contribution in [0.4, 0.5) is 5.82 Å². The molecule has 0 spiro atoms. The van der Waals surface area contributed by atoms with E-state index in [4.69, 9.17) is 14.8 Å². The molecule has 2 aromatic rings. The Labute approximate surface area is 135 Å². The number of rotatable bonds is 5. The van der Waals surface area contributed by atoms with Crippen LogP contribution in [-0.2, 0) is 4.74 Å². The summed E-state index contributed by atoms with van der Waals surface area (Å²) in [6, 6.07) is 2.02. The molecule has 0 aromatic carbocycles. The number of aliphatic hydroxyl groups is 1. The summed E-state index contributed by atoms with van der Waals surface area (Å²) in [6.45, 7) is 6.13. The number of hydrogen-bond donors (Lipinski definition) is 1. The molecule has 2 aromatic heterocycles. The monoisotopic (exact) mass is 317 g/mol. The minimum Gasteiger partial charge on any atom is -0.394 e. The van der Waals surface area contributed by atoms with E-state index < -0.39 is 0 Å². The third-order valence-electron chi connectivity index (χ3n) is 3.98. The van der Waals surface area contributed by atoms with Crippen molar-refractivity contribution in [1.82, 2.24) is 19.7 Å². The Bertz CT molecular complexity index is 658. The van der Waals surface area contributed by atoms with Crippen LogP contribution in [0.3, 0.4) is 0 Å². The van der Waals surface area contributed by atoms with Gasteiger partial charge in [0.05, 0.1) is 37.4 Å². The minimum absolute atomic E-state index is 0.0592. The molecular formula is C16H23N5O2. The summed E-state index contributed by atoms with van der Waals surface area (Å²) in [4.78, 5) is 11.2. The number of hydrogen-bond acceptors (Lipinski definition) is 6. The lowest BCUT2D eigenvalue weighted by Crippen LogP contribution is -2.40. The molecule has 23 heavy (non-hydrogen) atoms. The molecule has 0 saturated carbocycles. The predicted octanol–water partition coefficient (Wildman–Crippen LogP) is 1.26. The Morgan fingerprint density at radius 1 is 1.30 bits per heavy atom. The molecule has 1 fully saturated rings. The normalized spacial score (nSPS) is 18.4. The van der Waals surface area contributed by atoms with Crippen molar-refractivity contribution >= 4 is 5.82 Å². The van der Waals surface area contributed by atoms with Crippen LogP contribution in [0.1, 0.15) is 24.2 Å². The van der Waals surface area contributed by atoms with Gasteiger partial charge in [0, 0.05) is 18.8 Å². The summed E-state index contributed by atoms with van der Waals surface area (Å²) in [7, 11) is 0. The first kappa shape index (κ1) is 15.9. The van der Waals surface area contributed by atoms with Gasteiger partial charge in [-0.3, -0.25) is 4.98 Å². The van der Waals surface area contributed by atoms with Gasteiger partial charge in [0.15, 0.2) is 5.82 Å². The molecule has 1 atom stereocenters. The maximum Gasteiger partial charge on any atom is 0.174 e. The SMILES string of the molecule is Cc1cc(C)n(-c2cncc(N3CCCC(OCCO)C3)n2)n1. The third kappa shape index (κ3) is 3.68. The zero-order valence-corrected chi connectivity index (χ0v) is 13.6. The van der Waals surface area contributed by atoms with E-state index >= 15 is 0 Å². The molecule has 0 aliphatic carbocycles. The maximum absolute atomic E-state index is 8.90. The highest BCUT2D eigenvalue weighted by Crippen LogP contribution is 2.20. The van der Waals surface area contributed by atoms with Crippen molar-refractivity contribution in [2.24, 2.45) is 0 Å². The molecule has 0 radical (unpaired) electrons. The van der Waals surface area contributed by atoms with Gasteiger partial charge < -0.3 is 14.7 Å². The van der Waals surface area contributed by atoms with Crippen LogP contribution in [0.25, 0.3) is 5.82 Å². The van der Waals surface area contributed by atoms with Gasteiger partial charge in [0.2, 0.25) is 0 Å². The quantitative estimate of drug-likeness (QED) is 0.894. The van der Waals surface area contributed by atoms with Gasteiger partial charge in [0.25, 0.3) is 0 Å². The second-order valence-corrected chi connectivity index (χ2v) is 5.88. The van der Waals surface area contributed by atoms with Gasteiger partial charge in [-0.05, 0) is 32.8 Å². The van der Waals surface area contributed by atoms with E-state index in [9.17, 15) is 0 Å². The Morgan fingerprint density at radius 2 is 2.13 bits per heavy atom. The van der Waals surface area contributed by atoms with Crippen LogP contribution in [-0.4, -0.2) is 57.3 Å². The van der Waals surface area contributed by atoms with E-state index in [0.717, 1.165) is 49.0 Å². The minimum atomic E-state index is 0.0592. The summed E-state index contributed by atoms with van der Waals surface area (Å²) >= 11 is 0. The summed E-state index contributed by atoms with van der Waals surface area (Å²) in [5.74, 6) is 1.57. The van der Waals surface area contributed by atoms with Crippen molar-refractivity contribution in [1.29, 1.82) is 0 Å². The zero-order chi connectivity index (χ0) is 16.2. The van der Waals surface area contributed by atoms with Gasteiger partial charge >= 0.3 is 0 Å². The van der Waals surface area contributed by atoms with Gasteiger partial charge in [-0.25, -0.2) is 9.67 Å². The van der Waals surface area contributed by atoms with E-state index in [-0.39, 0.29) is 12.7 Å². The molecule has 3 rings (SSSR count). The summed E-state index contributed by atoms with van der Waals surface area (Å²) in [5.41, 5.74) is 2.00.